The van der Waals surface area contributed by atoms with Crippen LogP contribution in [0.1, 0.15) is 18.7 Å². The summed E-state index contributed by atoms with van der Waals surface area (Å²) in [5, 5.41) is 8.65. The standard InChI is InChI=1S/C10H15N3O4S2/c1-7(2)5-12-19(16,17)13-10-11-6-8(18-10)3-4-9(14)15/h3-4,6-7,12H,5H2,1-2H3,(H,11,13)(H,14,15)/b4-3+. The van der Waals surface area contributed by atoms with E-state index in [9.17, 15) is 13.2 Å². The average molecular weight is 305 g/mol. The Morgan fingerprint density at radius 1 is 1.58 bits per heavy atom. The molecule has 0 aromatic carbocycles. The monoisotopic (exact) mass is 305 g/mol. The van der Waals surface area contributed by atoms with Crippen molar-refractivity contribution in [2.45, 2.75) is 13.8 Å². The summed E-state index contributed by atoms with van der Waals surface area (Å²) < 4.78 is 27.9. The molecule has 3 N–H and O–H groups in total. The van der Waals surface area contributed by atoms with Crippen molar-refractivity contribution in [1.82, 2.24) is 9.71 Å². The van der Waals surface area contributed by atoms with Crippen LogP contribution in [0.4, 0.5) is 5.13 Å². The molecule has 0 aliphatic rings. The number of hydrogen-bond acceptors (Lipinski definition) is 5. The van der Waals surface area contributed by atoms with E-state index in [1.54, 1.807) is 0 Å². The predicted molar refractivity (Wildman–Crippen MR) is 74.2 cm³/mol. The van der Waals surface area contributed by atoms with Gasteiger partial charge in [-0.25, -0.2) is 14.5 Å². The first kappa shape index (κ1) is 15.6. The van der Waals surface area contributed by atoms with Gasteiger partial charge in [-0.3, -0.25) is 0 Å². The van der Waals surface area contributed by atoms with Crippen LogP contribution in [0.15, 0.2) is 12.3 Å². The van der Waals surface area contributed by atoms with E-state index < -0.39 is 16.2 Å². The van der Waals surface area contributed by atoms with Crippen LogP contribution in [0.5, 0.6) is 0 Å². The van der Waals surface area contributed by atoms with Gasteiger partial charge in [0, 0.05) is 23.7 Å². The normalized spacial score (nSPS) is 12.2. The van der Waals surface area contributed by atoms with Gasteiger partial charge in [0.15, 0.2) is 5.13 Å². The number of nitrogens with one attached hydrogen (secondary N) is 2. The molecule has 0 saturated heterocycles. The summed E-state index contributed by atoms with van der Waals surface area (Å²) in [5.74, 6) is -0.879. The molecular formula is C10H15N3O4S2. The van der Waals surface area contributed by atoms with E-state index in [4.69, 9.17) is 5.11 Å². The number of hydrogen-bond donors (Lipinski definition) is 3. The van der Waals surface area contributed by atoms with Gasteiger partial charge in [-0.1, -0.05) is 25.2 Å². The minimum Gasteiger partial charge on any atom is -0.478 e. The highest BCUT2D eigenvalue weighted by Crippen LogP contribution is 2.20. The summed E-state index contributed by atoms with van der Waals surface area (Å²) in [6, 6.07) is 0. The van der Waals surface area contributed by atoms with Gasteiger partial charge in [-0.2, -0.15) is 13.1 Å². The number of carboxylic acids is 1. The maximum absolute atomic E-state index is 11.6. The van der Waals surface area contributed by atoms with Crippen LogP contribution in [0, 0.1) is 5.92 Å². The largest absolute Gasteiger partial charge is 0.478 e. The Morgan fingerprint density at radius 3 is 2.84 bits per heavy atom. The highest BCUT2D eigenvalue weighted by molar-refractivity contribution is 7.91. The number of rotatable bonds is 7. The van der Waals surface area contributed by atoms with Crippen LogP contribution in [-0.4, -0.2) is 31.0 Å². The van der Waals surface area contributed by atoms with Gasteiger partial charge >= 0.3 is 16.2 Å². The zero-order chi connectivity index (χ0) is 14.5. The molecule has 0 radical (unpaired) electrons. The third-order valence-electron chi connectivity index (χ3n) is 1.82. The topological polar surface area (TPSA) is 108 Å². The number of carbonyl (C=O) groups is 1. The van der Waals surface area contributed by atoms with Crippen molar-refractivity contribution in [3.63, 3.8) is 0 Å². The van der Waals surface area contributed by atoms with E-state index in [2.05, 4.69) is 14.4 Å². The fourth-order valence-electron chi connectivity index (χ4n) is 0.992. The SMILES string of the molecule is CC(C)CNS(=O)(=O)Nc1ncc(/C=C/C(=O)O)s1. The molecular weight excluding hydrogens is 290 g/mol. The summed E-state index contributed by atoms with van der Waals surface area (Å²) in [7, 11) is -3.64. The minimum atomic E-state index is -3.64. The van der Waals surface area contributed by atoms with Gasteiger partial charge in [0.1, 0.15) is 0 Å². The molecule has 1 heterocycles. The van der Waals surface area contributed by atoms with Crippen molar-refractivity contribution in [2.24, 2.45) is 5.92 Å². The number of anilines is 1. The lowest BCUT2D eigenvalue weighted by atomic mass is 10.2. The smallest absolute Gasteiger partial charge is 0.328 e. The first-order chi connectivity index (χ1) is 8.78. The van der Waals surface area contributed by atoms with Gasteiger partial charge in [-0.15, -0.1) is 0 Å². The molecule has 0 unspecified atom stereocenters. The first-order valence-electron chi connectivity index (χ1n) is 5.43. The minimum absolute atomic E-state index is 0.182. The van der Waals surface area contributed by atoms with Crippen LogP contribution in [0.25, 0.3) is 6.08 Å². The molecule has 0 amide bonds. The van der Waals surface area contributed by atoms with Crippen molar-refractivity contribution < 1.29 is 18.3 Å². The predicted octanol–water partition coefficient (Wildman–Crippen LogP) is 1.14. The summed E-state index contributed by atoms with van der Waals surface area (Å²) in [6.07, 6.45) is 3.70. The summed E-state index contributed by atoms with van der Waals surface area (Å²) in [5.41, 5.74) is 0. The molecule has 0 aliphatic carbocycles. The highest BCUT2D eigenvalue weighted by atomic mass is 32.2. The Labute approximate surface area is 115 Å². The zero-order valence-electron chi connectivity index (χ0n) is 10.5. The number of aliphatic carboxylic acids is 1. The maximum Gasteiger partial charge on any atom is 0.328 e. The lowest BCUT2D eigenvalue weighted by Gasteiger charge is -2.08. The lowest BCUT2D eigenvalue weighted by molar-refractivity contribution is -0.131. The van der Waals surface area contributed by atoms with E-state index >= 15 is 0 Å². The van der Waals surface area contributed by atoms with Crippen molar-refractivity contribution in [3.05, 3.63) is 17.2 Å². The van der Waals surface area contributed by atoms with Crippen LogP contribution >= 0.6 is 11.3 Å². The molecule has 1 rings (SSSR count). The Kier molecular flexibility index (Phi) is 5.45. The second kappa shape index (κ2) is 6.64. The fourth-order valence-corrected chi connectivity index (χ4v) is 2.97. The Balaban J connectivity index is 2.65. The number of nitrogens with zero attached hydrogens (tertiary/aromatic N) is 1. The van der Waals surface area contributed by atoms with Gasteiger partial charge < -0.3 is 5.11 Å². The summed E-state index contributed by atoms with van der Waals surface area (Å²) in [6.45, 7) is 4.11. The van der Waals surface area contributed by atoms with E-state index in [1.807, 2.05) is 13.8 Å². The average Bonchev–Trinajstić information content (AvgIpc) is 2.71. The molecule has 1 aromatic rings. The van der Waals surface area contributed by atoms with Crippen LogP contribution in [-0.2, 0) is 15.0 Å². The Bertz CT molecular complexity index is 563. The summed E-state index contributed by atoms with van der Waals surface area (Å²) >= 11 is 1.04. The maximum atomic E-state index is 11.6. The van der Waals surface area contributed by atoms with E-state index in [1.165, 1.54) is 12.3 Å². The molecule has 106 valence electrons. The molecule has 0 aliphatic heterocycles. The zero-order valence-corrected chi connectivity index (χ0v) is 12.1. The third-order valence-corrected chi connectivity index (χ3v) is 3.83. The molecule has 0 fully saturated rings. The van der Waals surface area contributed by atoms with Crippen molar-refractivity contribution in [2.75, 3.05) is 11.3 Å². The van der Waals surface area contributed by atoms with Crippen molar-refractivity contribution in [1.29, 1.82) is 0 Å². The van der Waals surface area contributed by atoms with Crippen LogP contribution in [0.3, 0.4) is 0 Å². The highest BCUT2D eigenvalue weighted by Gasteiger charge is 2.12. The molecule has 1 aromatic heterocycles. The lowest BCUT2D eigenvalue weighted by Crippen LogP contribution is -2.32. The number of aromatic nitrogens is 1. The molecule has 7 nitrogen and oxygen atoms in total. The fraction of sp³-hybridized carbons (Fsp3) is 0.400. The second-order valence-corrected chi connectivity index (χ2v) is 6.65. The van der Waals surface area contributed by atoms with Crippen LogP contribution < -0.4 is 9.44 Å². The molecule has 0 spiro atoms. The van der Waals surface area contributed by atoms with Gasteiger partial charge in [0.25, 0.3) is 0 Å². The molecule has 0 saturated carbocycles. The van der Waals surface area contributed by atoms with E-state index in [0.717, 1.165) is 17.4 Å². The Hall–Kier alpha value is -1.45. The third kappa shape index (κ3) is 6.32. The van der Waals surface area contributed by atoms with Gasteiger partial charge in [0.2, 0.25) is 0 Å². The van der Waals surface area contributed by atoms with E-state index in [-0.39, 0.29) is 11.0 Å². The number of thiazole rings is 1. The molecule has 9 heteroatoms. The quantitative estimate of drug-likeness (QED) is 0.655. The van der Waals surface area contributed by atoms with E-state index in [0.29, 0.717) is 11.4 Å². The summed E-state index contributed by atoms with van der Waals surface area (Å²) in [4.78, 5) is 14.7. The van der Waals surface area contributed by atoms with Crippen LogP contribution in [0.2, 0.25) is 0 Å². The van der Waals surface area contributed by atoms with Crippen molar-refractivity contribution in [3.8, 4) is 0 Å². The Morgan fingerprint density at radius 2 is 2.26 bits per heavy atom. The van der Waals surface area contributed by atoms with Gasteiger partial charge in [-0.05, 0) is 12.0 Å². The molecule has 0 bridgehead atoms. The molecule has 0 atom stereocenters. The first-order valence-corrected chi connectivity index (χ1v) is 7.72. The molecule has 19 heavy (non-hydrogen) atoms. The van der Waals surface area contributed by atoms with Crippen molar-refractivity contribution >= 4 is 38.7 Å². The number of carboxylic acid groups (broad SMARTS) is 1. The second-order valence-electron chi connectivity index (χ2n) is 4.09. The van der Waals surface area contributed by atoms with Gasteiger partial charge in [0.05, 0.1) is 0 Å².